The van der Waals surface area contributed by atoms with E-state index < -0.39 is 5.41 Å². The Balaban J connectivity index is 1.79. The lowest BCUT2D eigenvalue weighted by Crippen LogP contribution is -2.50. The summed E-state index contributed by atoms with van der Waals surface area (Å²) in [5.74, 6) is 0.333. The van der Waals surface area contributed by atoms with Gasteiger partial charge in [-0.15, -0.1) is 0 Å². The molecule has 2 amide bonds. The van der Waals surface area contributed by atoms with E-state index in [1.807, 2.05) is 44.2 Å². The van der Waals surface area contributed by atoms with E-state index in [0.717, 1.165) is 16.7 Å². The summed E-state index contributed by atoms with van der Waals surface area (Å²) in [6.07, 6.45) is 6.26. The molecule has 1 aliphatic heterocycles. The number of hydrogen-bond acceptors (Lipinski definition) is 3. The molecule has 0 atom stereocenters. The fourth-order valence-corrected chi connectivity index (χ4v) is 4.09. The largest absolute Gasteiger partial charge is 0.348 e. The lowest BCUT2D eigenvalue weighted by Gasteiger charge is -2.42. The van der Waals surface area contributed by atoms with Crippen molar-refractivity contribution in [3.63, 3.8) is 0 Å². The van der Waals surface area contributed by atoms with Crippen molar-refractivity contribution in [2.75, 3.05) is 27.2 Å². The SMILES string of the molecule is CCC(=O)N1CCC(Cc2ccc(-c3cccnc3)cc2)(C(=O)N(C)C)CC1. The van der Waals surface area contributed by atoms with E-state index in [4.69, 9.17) is 0 Å². The monoisotopic (exact) mass is 379 g/mol. The fraction of sp³-hybridized carbons (Fsp3) is 0.435. The molecule has 1 fully saturated rings. The second-order valence-corrected chi connectivity index (χ2v) is 7.83. The van der Waals surface area contributed by atoms with E-state index in [9.17, 15) is 9.59 Å². The summed E-state index contributed by atoms with van der Waals surface area (Å²) in [6.45, 7) is 3.19. The molecule has 0 bridgehead atoms. The standard InChI is InChI=1S/C23H29N3O2/c1-4-21(27)26-14-11-23(12-15-26,22(28)25(2)3)16-18-7-9-19(10-8-18)20-6-5-13-24-17-20/h5-10,13,17H,4,11-12,14-16H2,1-3H3. The van der Waals surface area contributed by atoms with Crippen molar-refractivity contribution in [2.45, 2.75) is 32.6 Å². The van der Waals surface area contributed by atoms with Crippen LogP contribution < -0.4 is 0 Å². The highest BCUT2D eigenvalue weighted by Gasteiger charge is 2.42. The molecule has 3 rings (SSSR count). The average molecular weight is 380 g/mol. The second-order valence-electron chi connectivity index (χ2n) is 7.83. The second kappa shape index (κ2) is 8.55. The first-order valence-electron chi connectivity index (χ1n) is 9.94. The third-order valence-corrected chi connectivity index (χ3v) is 5.73. The van der Waals surface area contributed by atoms with Crippen LogP contribution in [0.5, 0.6) is 0 Å². The Bertz CT molecular complexity index is 808. The predicted octanol–water partition coefficient (Wildman–Crippen LogP) is 3.40. The number of amides is 2. The van der Waals surface area contributed by atoms with Crippen LogP contribution >= 0.6 is 0 Å². The van der Waals surface area contributed by atoms with Crippen molar-refractivity contribution in [1.29, 1.82) is 0 Å². The molecule has 148 valence electrons. The van der Waals surface area contributed by atoms with Gasteiger partial charge in [-0.1, -0.05) is 37.3 Å². The average Bonchev–Trinajstić information content (AvgIpc) is 2.74. The Morgan fingerprint density at radius 2 is 1.75 bits per heavy atom. The summed E-state index contributed by atoms with van der Waals surface area (Å²) in [5.41, 5.74) is 2.91. The molecule has 0 aliphatic carbocycles. The summed E-state index contributed by atoms with van der Waals surface area (Å²) >= 11 is 0. The minimum absolute atomic E-state index is 0.160. The van der Waals surface area contributed by atoms with Gasteiger partial charge in [0.2, 0.25) is 11.8 Å². The van der Waals surface area contributed by atoms with Gasteiger partial charge in [-0.3, -0.25) is 14.6 Å². The Hall–Kier alpha value is -2.69. The number of likely N-dealkylation sites (tertiary alicyclic amines) is 1. The maximum Gasteiger partial charge on any atom is 0.228 e. The van der Waals surface area contributed by atoms with Crippen LogP contribution in [0.4, 0.5) is 0 Å². The fourth-order valence-electron chi connectivity index (χ4n) is 4.09. The molecular weight excluding hydrogens is 350 g/mol. The van der Waals surface area contributed by atoms with Gasteiger partial charge in [0.05, 0.1) is 5.41 Å². The maximum absolute atomic E-state index is 13.1. The molecule has 1 aromatic heterocycles. The Labute approximate surface area is 167 Å². The molecule has 2 aromatic rings. The minimum Gasteiger partial charge on any atom is -0.348 e. The lowest BCUT2D eigenvalue weighted by atomic mass is 9.72. The molecule has 1 aromatic carbocycles. The number of piperidine rings is 1. The van der Waals surface area contributed by atoms with Crippen molar-refractivity contribution in [1.82, 2.24) is 14.8 Å². The quantitative estimate of drug-likeness (QED) is 0.800. The highest BCUT2D eigenvalue weighted by atomic mass is 16.2. The van der Waals surface area contributed by atoms with E-state index in [0.29, 0.717) is 38.8 Å². The van der Waals surface area contributed by atoms with Crippen molar-refractivity contribution in [3.8, 4) is 11.1 Å². The number of hydrogen-bond donors (Lipinski definition) is 0. The van der Waals surface area contributed by atoms with Crippen LogP contribution in [0.25, 0.3) is 11.1 Å². The van der Waals surface area contributed by atoms with E-state index in [2.05, 4.69) is 29.2 Å². The third-order valence-electron chi connectivity index (χ3n) is 5.73. The maximum atomic E-state index is 13.1. The number of aromatic nitrogens is 1. The third kappa shape index (κ3) is 4.24. The number of pyridine rings is 1. The first-order valence-corrected chi connectivity index (χ1v) is 9.94. The molecule has 28 heavy (non-hydrogen) atoms. The number of carbonyl (C=O) groups is 2. The molecule has 1 aliphatic rings. The summed E-state index contributed by atoms with van der Waals surface area (Å²) in [4.78, 5) is 32.9. The molecular formula is C23H29N3O2. The van der Waals surface area contributed by atoms with Gasteiger partial charge in [0, 0.05) is 46.0 Å². The van der Waals surface area contributed by atoms with Crippen molar-refractivity contribution < 1.29 is 9.59 Å². The topological polar surface area (TPSA) is 53.5 Å². The lowest BCUT2D eigenvalue weighted by molar-refractivity contribution is -0.146. The van der Waals surface area contributed by atoms with Gasteiger partial charge in [0.25, 0.3) is 0 Å². The first kappa shape index (κ1) is 20.1. The van der Waals surface area contributed by atoms with Crippen LogP contribution in [0.1, 0.15) is 31.7 Å². The zero-order valence-electron chi connectivity index (χ0n) is 17.0. The predicted molar refractivity (Wildman–Crippen MR) is 111 cm³/mol. The Morgan fingerprint density at radius 1 is 1.07 bits per heavy atom. The van der Waals surface area contributed by atoms with Crippen LogP contribution in [-0.4, -0.2) is 53.8 Å². The van der Waals surface area contributed by atoms with E-state index in [1.54, 1.807) is 11.1 Å². The first-order chi connectivity index (χ1) is 13.4. The van der Waals surface area contributed by atoms with Gasteiger partial charge in [0.15, 0.2) is 0 Å². The normalized spacial score (nSPS) is 15.9. The van der Waals surface area contributed by atoms with E-state index in [1.165, 1.54) is 0 Å². The highest BCUT2D eigenvalue weighted by Crippen LogP contribution is 2.37. The van der Waals surface area contributed by atoms with Gasteiger partial charge >= 0.3 is 0 Å². The van der Waals surface area contributed by atoms with Crippen LogP contribution in [0.3, 0.4) is 0 Å². The van der Waals surface area contributed by atoms with E-state index in [-0.39, 0.29) is 11.8 Å². The zero-order valence-corrected chi connectivity index (χ0v) is 17.0. The molecule has 0 spiro atoms. The number of benzene rings is 1. The molecule has 2 heterocycles. The minimum atomic E-state index is -0.441. The molecule has 5 nitrogen and oxygen atoms in total. The van der Waals surface area contributed by atoms with Gasteiger partial charge in [0.1, 0.15) is 0 Å². The van der Waals surface area contributed by atoms with E-state index >= 15 is 0 Å². The number of carbonyl (C=O) groups excluding carboxylic acids is 2. The van der Waals surface area contributed by atoms with Crippen molar-refractivity contribution in [3.05, 3.63) is 54.4 Å². The van der Waals surface area contributed by atoms with Crippen LogP contribution in [-0.2, 0) is 16.0 Å². The summed E-state index contributed by atoms with van der Waals surface area (Å²) in [6, 6.07) is 12.4. The molecule has 5 heteroatoms. The smallest absolute Gasteiger partial charge is 0.228 e. The highest BCUT2D eigenvalue weighted by molar-refractivity contribution is 5.83. The summed E-state index contributed by atoms with van der Waals surface area (Å²) in [5, 5.41) is 0. The molecule has 1 saturated heterocycles. The summed E-state index contributed by atoms with van der Waals surface area (Å²) in [7, 11) is 3.64. The Morgan fingerprint density at radius 3 is 2.29 bits per heavy atom. The summed E-state index contributed by atoms with van der Waals surface area (Å²) < 4.78 is 0. The molecule has 0 unspecified atom stereocenters. The Kier molecular flexibility index (Phi) is 6.12. The zero-order chi connectivity index (χ0) is 20.1. The van der Waals surface area contributed by atoms with Crippen LogP contribution in [0.2, 0.25) is 0 Å². The van der Waals surface area contributed by atoms with Gasteiger partial charge in [-0.2, -0.15) is 0 Å². The van der Waals surface area contributed by atoms with Gasteiger partial charge in [-0.05, 0) is 42.0 Å². The molecule has 0 radical (unpaired) electrons. The van der Waals surface area contributed by atoms with Crippen LogP contribution in [0, 0.1) is 5.41 Å². The molecule has 0 saturated carbocycles. The van der Waals surface area contributed by atoms with Crippen LogP contribution in [0.15, 0.2) is 48.8 Å². The van der Waals surface area contributed by atoms with Crippen molar-refractivity contribution >= 4 is 11.8 Å². The molecule has 0 N–H and O–H groups in total. The number of rotatable bonds is 5. The number of nitrogens with zero attached hydrogens (tertiary/aromatic N) is 3. The van der Waals surface area contributed by atoms with Gasteiger partial charge in [-0.25, -0.2) is 0 Å². The van der Waals surface area contributed by atoms with Gasteiger partial charge < -0.3 is 9.80 Å². The van der Waals surface area contributed by atoms with Crippen molar-refractivity contribution in [2.24, 2.45) is 5.41 Å².